The standard InChI is InChI=1S/C11H13NO4/c1-6(11(13)14)10(12)7-2-3-8-9(4-7)16-5-15-8/h2-4,6,10H,5,12H2,1H3,(H,13,14). The van der Waals surface area contributed by atoms with E-state index in [4.69, 9.17) is 20.3 Å². The predicted molar refractivity (Wildman–Crippen MR) is 56.3 cm³/mol. The van der Waals surface area contributed by atoms with Crippen LogP contribution in [0.3, 0.4) is 0 Å². The van der Waals surface area contributed by atoms with Crippen LogP contribution in [-0.4, -0.2) is 17.9 Å². The normalized spacial score (nSPS) is 16.9. The van der Waals surface area contributed by atoms with Gasteiger partial charge in [-0.15, -0.1) is 0 Å². The van der Waals surface area contributed by atoms with E-state index in [0.717, 1.165) is 5.56 Å². The average molecular weight is 223 g/mol. The Morgan fingerprint density at radius 1 is 1.44 bits per heavy atom. The van der Waals surface area contributed by atoms with Gasteiger partial charge < -0.3 is 20.3 Å². The first-order valence-corrected chi connectivity index (χ1v) is 4.97. The van der Waals surface area contributed by atoms with Crippen LogP contribution in [0.5, 0.6) is 11.5 Å². The molecule has 0 aromatic heterocycles. The molecule has 0 radical (unpaired) electrons. The molecule has 5 nitrogen and oxygen atoms in total. The third kappa shape index (κ3) is 1.81. The Bertz CT molecular complexity index is 418. The van der Waals surface area contributed by atoms with E-state index in [1.165, 1.54) is 0 Å². The second-order valence-electron chi connectivity index (χ2n) is 3.77. The Balaban J connectivity index is 2.24. The van der Waals surface area contributed by atoms with Gasteiger partial charge in [0.2, 0.25) is 6.79 Å². The number of hydrogen-bond donors (Lipinski definition) is 2. The Kier molecular flexibility index (Phi) is 2.70. The topological polar surface area (TPSA) is 81.8 Å². The number of carboxylic acid groups (broad SMARTS) is 1. The van der Waals surface area contributed by atoms with Gasteiger partial charge in [0.05, 0.1) is 5.92 Å². The van der Waals surface area contributed by atoms with Gasteiger partial charge in [-0.2, -0.15) is 0 Å². The maximum Gasteiger partial charge on any atom is 0.308 e. The van der Waals surface area contributed by atoms with E-state index in [-0.39, 0.29) is 6.79 Å². The van der Waals surface area contributed by atoms with Gasteiger partial charge >= 0.3 is 5.97 Å². The number of rotatable bonds is 3. The molecule has 2 unspecified atom stereocenters. The third-order valence-electron chi connectivity index (χ3n) is 2.71. The number of benzene rings is 1. The Morgan fingerprint density at radius 3 is 2.81 bits per heavy atom. The second kappa shape index (κ2) is 4.02. The van der Waals surface area contributed by atoms with Crippen LogP contribution in [0.2, 0.25) is 0 Å². The van der Waals surface area contributed by atoms with Crippen molar-refractivity contribution >= 4 is 5.97 Å². The minimum atomic E-state index is -0.912. The third-order valence-corrected chi connectivity index (χ3v) is 2.71. The zero-order valence-electron chi connectivity index (χ0n) is 8.84. The maximum atomic E-state index is 10.8. The molecule has 86 valence electrons. The number of aliphatic carboxylic acids is 1. The minimum absolute atomic E-state index is 0.197. The molecular weight excluding hydrogens is 210 g/mol. The molecule has 2 rings (SSSR count). The molecule has 1 aliphatic heterocycles. The number of fused-ring (bicyclic) bond motifs is 1. The summed E-state index contributed by atoms with van der Waals surface area (Å²) in [4.78, 5) is 10.8. The van der Waals surface area contributed by atoms with Crippen molar-refractivity contribution in [1.29, 1.82) is 0 Å². The summed E-state index contributed by atoms with van der Waals surface area (Å²) in [5.41, 5.74) is 6.59. The van der Waals surface area contributed by atoms with Crippen molar-refractivity contribution in [2.75, 3.05) is 6.79 Å². The van der Waals surface area contributed by atoms with E-state index in [2.05, 4.69) is 0 Å². The highest BCUT2D eigenvalue weighted by molar-refractivity contribution is 5.70. The van der Waals surface area contributed by atoms with Crippen LogP contribution < -0.4 is 15.2 Å². The van der Waals surface area contributed by atoms with Gasteiger partial charge in [-0.1, -0.05) is 13.0 Å². The summed E-state index contributed by atoms with van der Waals surface area (Å²) >= 11 is 0. The summed E-state index contributed by atoms with van der Waals surface area (Å²) in [5.74, 6) is -0.269. The Morgan fingerprint density at radius 2 is 2.12 bits per heavy atom. The fourth-order valence-electron chi connectivity index (χ4n) is 1.56. The van der Waals surface area contributed by atoms with Crippen molar-refractivity contribution in [1.82, 2.24) is 0 Å². The van der Waals surface area contributed by atoms with Crippen LogP contribution in [0.4, 0.5) is 0 Å². The zero-order chi connectivity index (χ0) is 11.7. The van der Waals surface area contributed by atoms with Crippen LogP contribution in [0.15, 0.2) is 18.2 Å². The lowest BCUT2D eigenvalue weighted by Gasteiger charge is -2.16. The van der Waals surface area contributed by atoms with Crippen molar-refractivity contribution in [2.24, 2.45) is 11.7 Å². The summed E-state index contributed by atoms with van der Waals surface area (Å²) in [6.07, 6.45) is 0. The smallest absolute Gasteiger partial charge is 0.308 e. The van der Waals surface area contributed by atoms with E-state index >= 15 is 0 Å². The van der Waals surface area contributed by atoms with Gasteiger partial charge in [-0.05, 0) is 17.7 Å². The predicted octanol–water partition coefficient (Wildman–Crippen LogP) is 1.14. The summed E-state index contributed by atoms with van der Waals surface area (Å²) in [7, 11) is 0. The minimum Gasteiger partial charge on any atom is -0.481 e. The van der Waals surface area contributed by atoms with Crippen LogP contribution in [-0.2, 0) is 4.79 Å². The first-order chi connectivity index (χ1) is 7.59. The Labute approximate surface area is 92.8 Å². The number of carbonyl (C=O) groups is 1. The monoisotopic (exact) mass is 223 g/mol. The number of nitrogens with two attached hydrogens (primary N) is 1. The van der Waals surface area contributed by atoms with Crippen molar-refractivity contribution in [3.05, 3.63) is 23.8 Å². The number of carboxylic acids is 1. The summed E-state index contributed by atoms with van der Waals surface area (Å²) in [5, 5.41) is 8.87. The molecule has 16 heavy (non-hydrogen) atoms. The van der Waals surface area contributed by atoms with Gasteiger partial charge in [0.15, 0.2) is 11.5 Å². The van der Waals surface area contributed by atoms with E-state index in [1.807, 2.05) is 0 Å². The summed E-state index contributed by atoms with van der Waals surface area (Å²) in [6, 6.07) is 4.68. The molecule has 0 saturated carbocycles. The van der Waals surface area contributed by atoms with Gasteiger partial charge in [-0.3, -0.25) is 4.79 Å². The molecule has 1 aromatic carbocycles. The number of hydrogen-bond acceptors (Lipinski definition) is 4. The molecule has 0 fully saturated rings. The molecule has 0 aliphatic carbocycles. The molecule has 0 saturated heterocycles. The molecule has 1 heterocycles. The van der Waals surface area contributed by atoms with Crippen LogP contribution >= 0.6 is 0 Å². The highest BCUT2D eigenvalue weighted by Gasteiger charge is 2.23. The highest BCUT2D eigenvalue weighted by atomic mass is 16.7. The van der Waals surface area contributed by atoms with Crippen LogP contribution in [0, 0.1) is 5.92 Å². The molecule has 0 amide bonds. The Hall–Kier alpha value is -1.75. The van der Waals surface area contributed by atoms with Gasteiger partial charge in [-0.25, -0.2) is 0 Å². The van der Waals surface area contributed by atoms with E-state index in [0.29, 0.717) is 11.5 Å². The lowest BCUT2D eigenvalue weighted by atomic mass is 9.95. The van der Waals surface area contributed by atoms with Crippen molar-refractivity contribution in [3.8, 4) is 11.5 Å². The lowest BCUT2D eigenvalue weighted by molar-refractivity contribution is -0.141. The SMILES string of the molecule is CC(C(=O)O)C(N)c1ccc2c(c1)OCO2. The number of ether oxygens (including phenoxy) is 2. The van der Waals surface area contributed by atoms with E-state index in [9.17, 15) is 4.79 Å². The second-order valence-corrected chi connectivity index (χ2v) is 3.77. The van der Waals surface area contributed by atoms with E-state index < -0.39 is 17.9 Å². The van der Waals surface area contributed by atoms with Crippen LogP contribution in [0.1, 0.15) is 18.5 Å². The van der Waals surface area contributed by atoms with Gasteiger partial charge in [0.25, 0.3) is 0 Å². The van der Waals surface area contributed by atoms with E-state index in [1.54, 1.807) is 25.1 Å². The van der Waals surface area contributed by atoms with Crippen molar-refractivity contribution < 1.29 is 19.4 Å². The fourth-order valence-corrected chi connectivity index (χ4v) is 1.56. The summed E-state index contributed by atoms with van der Waals surface area (Å²) in [6.45, 7) is 1.78. The molecular formula is C11H13NO4. The van der Waals surface area contributed by atoms with Crippen molar-refractivity contribution in [2.45, 2.75) is 13.0 Å². The molecule has 3 N–H and O–H groups in total. The first-order valence-electron chi connectivity index (χ1n) is 4.97. The highest BCUT2D eigenvalue weighted by Crippen LogP contribution is 2.34. The largest absolute Gasteiger partial charge is 0.481 e. The first kappa shape index (κ1) is 10.8. The van der Waals surface area contributed by atoms with Crippen LogP contribution in [0.25, 0.3) is 0 Å². The quantitative estimate of drug-likeness (QED) is 0.802. The molecule has 1 aromatic rings. The zero-order valence-corrected chi connectivity index (χ0v) is 8.84. The van der Waals surface area contributed by atoms with Gasteiger partial charge in [0.1, 0.15) is 0 Å². The molecule has 0 spiro atoms. The molecule has 2 atom stereocenters. The lowest BCUT2D eigenvalue weighted by Crippen LogP contribution is -2.25. The molecule has 0 bridgehead atoms. The fraction of sp³-hybridized carbons (Fsp3) is 0.364. The average Bonchev–Trinajstić information content (AvgIpc) is 2.73. The summed E-state index contributed by atoms with van der Waals surface area (Å²) < 4.78 is 10.4. The van der Waals surface area contributed by atoms with Crippen molar-refractivity contribution in [3.63, 3.8) is 0 Å². The molecule has 1 aliphatic rings. The van der Waals surface area contributed by atoms with Gasteiger partial charge in [0, 0.05) is 6.04 Å². The maximum absolute atomic E-state index is 10.8. The molecule has 5 heteroatoms.